The maximum Gasteiger partial charge on any atom is 0.144 e. The molecule has 5 heteroatoms. The number of rotatable bonds is 4. The smallest absolute Gasteiger partial charge is 0.144 e. The lowest BCUT2D eigenvalue weighted by molar-refractivity contribution is 0.624. The Morgan fingerprint density at radius 1 is 1.29 bits per heavy atom. The summed E-state index contributed by atoms with van der Waals surface area (Å²) in [7, 11) is 1.80. The molecule has 0 saturated heterocycles. The predicted molar refractivity (Wildman–Crippen MR) is 67.5 cm³/mol. The molecule has 0 bridgehead atoms. The van der Waals surface area contributed by atoms with Gasteiger partial charge in [0.2, 0.25) is 0 Å². The minimum atomic E-state index is -0.216. The minimum Gasteiger partial charge on any atom is -0.372 e. The van der Waals surface area contributed by atoms with Crippen LogP contribution in [0.1, 0.15) is 5.69 Å². The van der Waals surface area contributed by atoms with E-state index >= 15 is 0 Å². The van der Waals surface area contributed by atoms with Crippen LogP contribution in [0, 0.1) is 5.82 Å². The lowest BCUT2D eigenvalue weighted by Gasteiger charge is -2.02. The van der Waals surface area contributed by atoms with Crippen molar-refractivity contribution in [2.45, 2.75) is 10.6 Å². The molecule has 0 unspecified atom stereocenters. The van der Waals surface area contributed by atoms with Crippen molar-refractivity contribution in [2.24, 2.45) is 0 Å². The van der Waals surface area contributed by atoms with Crippen LogP contribution in [0.4, 0.5) is 10.2 Å². The zero-order chi connectivity index (χ0) is 12.1. The van der Waals surface area contributed by atoms with E-state index < -0.39 is 0 Å². The number of halogens is 1. The van der Waals surface area contributed by atoms with E-state index in [1.54, 1.807) is 25.5 Å². The highest BCUT2D eigenvalue weighted by atomic mass is 32.2. The van der Waals surface area contributed by atoms with Gasteiger partial charge in [-0.2, -0.15) is 0 Å². The van der Waals surface area contributed by atoms with Crippen LogP contribution in [0.25, 0.3) is 0 Å². The first kappa shape index (κ1) is 11.9. The van der Waals surface area contributed by atoms with E-state index in [2.05, 4.69) is 15.3 Å². The molecule has 2 aromatic rings. The van der Waals surface area contributed by atoms with Crippen molar-refractivity contribution in [3.8, 4) is 0 Å². The van der Waals surface area contributed by atoms with Gasteiger partial charge in [-0.15, -0.1) is 11.8 Å². The molecule has 0 aliphatic carbocycles. The van der Waals surface area contributed by atoms with Gasteiger partial charge in [-0.3, -0.25) is 4.98 Å². The third-order valence-electron chi connectivity index (χ3n) is 2.14. The molecule has 0 spiro atoms. The number of aromatic nitrogens is 2. The Balaban J connectivity index is 1.97. The zero-order valence-corrected chi connectivity index (χ0v) is 10.2. The summed E-state index contributed by atoms with van der Waals surface area (Å²) < 4.78 is 12.9. The molecule has 1 aromatic heterocycles. The van der Waals surface area contributed by atoms with Gasteiger partial charge in [0.1, 0.15) is 11.6 Å². The standard InChI is InChI=1S/C12H12FN3S/c1-14-12-7-15-10(6-16-12)8-17-11-4-2-3-9(13)5-11/h2-7H,8H2,1H3,(H,14,16). The first-order valence-electron chi connectivity index (χ1n) is 5.15. The summed E-state index contributed by atoms with van der Waals surface area (Å²) in [5.74, 6) is 1.21. The lowest BCUT2D eigenvalue weighted by Crippen LogP contribution is -1.95. The highest BCUT2D eigenvalue weighted by Crippen LogP contribution is 2.22. The number of nitrogens with one attached hydrogen (secondary N) is 1. The van der Waals surface area contributed by atoms with E-state index in [4.69, 9.17) is 0 Å². The lowest BCUT2D eigenvalue weighted by atomic mass is 10.4. The molecule has 2 rings (SSSR count). The van der Waals surface area contributed by atoms with E-state index in [1.165, 1.54) is 23.9 Å². The molecule has 0 fully saturated rings. The summed E-state index contributed by atoms with van der Waals surface area (Å²) in [4.78, 5) is 9.31. The van der Waals surface area contributed by atoms with Crippen LogP contribution in [0.5, 0.6) is 0 Å². The summed E-state index contributed by atoms with van der Waals surface area (Å²) in [5.41, 5.74) is 0.873. The predicted octanol–water partition coefficient (Wildman–Crippen LogP) is 2.95. The molecule has 0 aliphatic heterocycles. The van der Waals surface area contributed by atoms with Crippen molar-refractivity contribution < 1.29 is 4.39 Å². The molecule has 17 heavy (non-hydrogen) atoms. The first-order valence-corrected chi connectivity index (χ1v) is 6.13. The Bertz CT molecular complexity index is 487. The Hall–Kier alpha value is -1.62. The van der Waals surface area contributed by atoms with Crippen molar-refractivity contribution in [3.63, 3.8) is 0 Å². The minimum absolute atomic E-state index is 0.216. The van der Waals surface area contributed by atoms with Gasteiger partial charge in [0.15, 0.2) is 0 Å². The normalized spacial score (nSPS) is 10.2. The van der Waals surface area contributed by atoms with Gasteiger partial charge in [-0.1, -0.05) is 6.07 Å². The van der Waals surface area contributed by atoms with Crippen LogP contribution in [-0.2, 0) is 5.75 Å². The topological polar surface area (TPSA) is 37.8 Å². The largest absolute Gasteiger partial charge is 0.372 e. The third-order valence-corrected chi connectivity index (χ3v) is 3.17. The van der Waals surface area contributed by atoms with E-state index in [0.29, 0.717) is 5.75 Å². The van der Waals surface area contributed by atoms with E-state index in [0.717, 1.165) is 16.4 Å². The van der Waals surface area contributed by atoms with Crippen LogP contribution in [-0.4, -0.2) is 17.0 Å². The van der Waals surface area contributed by atoms with Crippen LogP contribution < -0.4 is 5.32 Å². The molecular weight excluding hydrogens is 237 g/mol. The average molecular weight is 249 g/mol. The Morgan fingerprint density at radius 3 is 2.82 bits per heavy atom. The van der Waals surface area contributed by atoms with Gasteiger partial charge in [0, 0.05) is 17.7 Å². The molecular formula is C12H12FN3S. The number of thioether (sulfide) groups is 1. The highest BCUT2D eigenvalue weighted by molar-refractivity contribution is 7.98. The zero-order valence-electron chi connectivity index (χ0n) is 9.35. The van der Waals surface area contributed by atoms with Crippen LogP contribution in [0.2, 0.25) is 0 Å². The fraction of sp³-hybridized carbons (Fsp3) is 0.167. The first-order chi connectivity index (χ1) is 8.28. The van der Waals surface area contributed by atoms with Gasteiger partial charge >= 0.3 is 0 Å². The van der Waals surface area contributed by atoms with Gasteiger partial charge < -0.3 is 5.32 Å². The van der Waals surface area contributed by atoms with Crippen molar-refractivity contribution in [3.05, 3.63) is 48.2 Å². The fourth-order valence-electron chi connectivity index (χ4n) is 1.27. The molecule has 0 atom stereocenters. The maximum atomic E-state index is 12.9. The summed E-state index contributed by atoms with van der Waals surface area (Å²) in [6.45, 7) is 0. The van der Waals surface area contributed by atoms with Crippen molar-refractivity contribution in [1.29, 1.82) is 0 Å². The summed E-state index contributed by atoms with van der Waals surface area (Å²) >= 11 is 1.54. The summed E-state index contributed by atoms with van der Waals surface area (Å²) in [6.07, 6.45) is 3.40. The fourth-order valence-corrected chi connectivity index (χ4v) is 2.11. The second-order valence-corrected chi connectivity index (χ2v) is 4.44. The number of hydrogen-bond donors (Lipinski definition) is 1. The van der Waals surface area contributed by atoms with Crippen molar-refractivity contribution in [2.75, 3.05) is 12.4 Å². The SMILES string of the molecule is CNc1cnc(CSc2cccc(F)c2)cn1. The molecule has 0 radical (unpaired) electrons. The molecule has 3 nitrogen and oxygen atoms in total. The Labute approximate surface area is 103 Å². The van der Waals surface area contributed by atoms with Crippen LogP contribution >= 0.6 is 11.8 Å². The summed E-state index contributed by atoms with van der Waals surface area (Å²) in [5, 5.41) is 2.91. The van der Waals surface area contributed by atoms with E-state index in [-0.39, 0.29) is 5.82 Å². The third kappa shape index (κ3) is 3.42. The quantitative estimate of drug-likeness (QED) is 0.845. The Morgan fingerprint density at radius 2 is 2.18 bits per heavy atom. The monoisotopic (exact) mass is 249 g/mol. The second-order valence-electron chi connectivity index (χ2n) is 3.39. The molecule has 0 saturated carbocycles. The molecule has 1 aromatic carbocycles. The number of benzene rings is 1. The van der Waals surface area contributed by atoms with Crippen LogP contribution in [0.15, 0.2) is 41.6 Å². The number of hydrogen-bond acceptors (Lipinski definition) is 4. The van der Waals surface area contributed by atoms with Gasteiger partial charge in [-0.25, -0.2) is 9.37 Å². The van der Waals surface area contributed by atoms with Gasteiger partial charge in [0.05, 0.1) is 18.1 Å². The number of nitrogens with zero attached hydrogens (tertiary/aromatic N) is 2. The Kier molecular flexibility index (Phi) is 3.93. The summed E-state index contributed by atoms with van der Waals surface area (Å²) in [6, 6.07) is 6.53. The highest BCUT2D eigenvalue weighted by Gasteiger charge is 2.00. The van der Waals surface area contributed by atoms with Crippen LogP contribution in [0.3, 0.4) is 0 Å². The molecule has 1 N–H and O–H groups in total. The maximum absolute atomic E-state index is 12.9. The van der Waals surface area contributed by atoms with Gasteiger partial charge in [-0.05, 0) is 18.2 Å². The molecule has 88 valence electrons. The second kappa shape index (κ2) is 5.63. The van der Waals surface area contributed by atoms with Crippen molar-refractivity contribution in [1.82, 2.24) is 9.97 Å². The van der Waals surface area contributed by atoms with Gasteiger partial charge in [0.25, 0.3) is 0 Å². The molecule has 0 amide bonds. The molecule has 0 aliphatic rings. The van der Waals surface area contributed by atoms with Crippen molar-refractivity contribution >= 4 is 17.6 Å². The number of anilines is 1. The van der Waals surface area contributed by atoms with E-state index in [9.17, 15) is 4.39 Å². The van der Waals surface area contributed by atoms with E-state index in [1.807, 2.05) is 6.07 Å². The molecule has 1 heterocycles. The average Bonchev–Trinajstić information content (AvgIpc) is 2.37.